The lowest BCUT2D eigenvalue weighted by atomic mass is 10.2. The summed E-state index contributed by atoms with van der Waals surface area (Å²) in [5.41, 5.74) is 2.15. The Kier molecular flexibility index (Phi) is 2.77. The third kappa shape index (κ3) is 1.65. The van der Waals surface area contributed by atoms with Gasteiger partial charge in [-0.15, -0.1) is 16.7 Å². The number of hydrogen-bond acceptors (Lipinski definition) is 2. The molecule has 1 atom stereocenters. The second kappa shape index (κ2) is 3.89. The van der Waals surface area contributed by atoms with Crippen molar-refractivity contribution < 1.29 is 0 Å². The number of alkyl halides is 1. The van der Waals surface area contributed by atoms with Gasteiger partial charge in [0.1, 0.15) is 5.69 Å². The van der Waals surface area contributed by atoms with Gasteiger partial charge in [0.2, 0.25) is 0 Å². The van der Waals surface area contributed by atoms with Crippen molar-refractivity contribution in [1.29, 1.82) is 0 Å². The Morgan fingerprint density at radius 3 is 2.79 bits per heavy atom. The van der Waals surface area contributed by atoms with E-state index in [1.54, 1.807) is 0 Å². The summed E-state index contributed by atoms with van der Waals surface area (Å²) in [5, 5.41) is 8.32. The minimum Gasteiger partial charge on any atom is -0.246 e. The number of nitrogens with zero attached hydrogens (tertiary/aromatic N) is 3. The van der Waals surface area contributed by atoms with Gasteiger partial charge in [-0.1, -0.05) is 12.1 Å². The molecule has 1 aliphatic rings. The number of rotatable bonds is 4. The Hall–Kier alpha value is -0.570. The maximum absolute atomic E-state index is 5.81. The predicted molar refractivity (Wildman–Crippen MR) is 56.4 cm³/mol. The standard InChI is InChI=1S/C10H16ClN3/c1-3-10-9(6-11)12-13-14(10)7(2)8-4-5-8/h7-8H,3-6H2,1-2H3. The molecule has 1 heterocycles. The number of halogens is 1. The van der Waals surface area contributed by atoms with Gasteiger partial charge in [0.15, 0.2) is 0 Å². The van der Waals surface area contributed by atoms with Crippen LogP contribution in [0, 0.1) is 5.92 Å². The lowest BCUT2D eigenvalue weighted by Gasteiger charge is -2.13. The van der Waals surface area contributed by atoms with E-state index < -0.39 is 0 Å². The average Bonchev–Trinajstić information content (AvgIpc) is 2.96. The van der Waals surface area contributed by atoms with E-state index in [1.807, 2.05) is 0 Å². The second-order valence-corrected chi connectivity index (χ2v) is 4.26. The lowest BCUT2D eigenvalue weighted by molar-refractivity contribution is 0.416. The first kappa shape index (κ1) is 9.97. The van der Waals surface area contributed by atoms with E-state index in [1.165, 1.54) is 18.5 Å². The summed E-state index contributed by atoms with van der Waals surface area (Å²) in [4.78, 5) is 0. The lowest BCUT2D eigenvalue weighted by Crippen LogP contribution is -2.12. The van der Waals surface area contributed by atoms with Crippen molar-refractivity contribution in [2.45, 2.75) is 45.0 Å². The Balaban J connectivity index is 2.26. The fourth-order valence-corrected chi connectivity index (χ4v) is 2.13. The van der Waals surface area contributed by atoms with Gasteiger partial charge in [0.25, 0.3) is 0 Å². The van der Waals surface area contributed by atoms with Crippen molar-refractivity contribution >= 4 is 11.6 Å². The van der Waals surface area contributed by atoms with Crippen LogP contribution in [0.1, 0.15) is 44.1 Å². The zero-order valence-electron chi connectivity index (χ0n) is 8.70. The van der Waals surface area contributed by atoms with Gasteiger partial charge < -0.3 is 0 Å². The first-order chi connectivity index (χ1) is 6.77. The highest BCUT2D eigenvalue weighted by molar-refractivity contribution is 6.16. The van der Waals surface area contributed by atoms with Gasteiger partial charge in [-0.05, 0) is 32.1 Å². The van der Waals surface area contributed by atoms with Gasteiger partial charge in [-0.3, -0.25) is 0 Å². The molecule has 0 radical (unpaired) electrons. The quantitative estimate of drug-likeness (QED) is 0.720. The summed E-state index contributed by atoms with van der Waals surface area (Å²) in [7, 11) is 0. The van der Waals surface area contributed by atoms with E-state index >= 15 is 0 Å². The Morgan fingerprint density at radius 1 is 1.57 bits per heavy atom. The Bertz CT molecular complexity index is 317. The van der Waals surface area contributed by atoms with Crippen molar-refractivity contribution in [1.82, 2.24) is 15.0 Å². The summed E-state index contributed by atoms with van der Waals surface area (Å²) in [6.45, 7) is 4.36. The molecular formula is C10H16ClN3. The van der Waals surface area contributed by atoms with Crippen molar-refractivity contribution in [3.05, 3.63) is 11.4 Å². The van der Waals surface area contributed by atoms with Gasteiger partial charge in [0, 0.05) is 0 Å². The van der Waals surface area contributed by atoms with Crippen molar-refractivity contribution in [3.8, 4) is 0 Å². The number of aromatic nitrogens is 3. The molecular weight excluding hydrogens is 198 g/mol. The van der Waals surface area contributed by atoms with E-state index in [-0.39, 0.29) is 0 Å². The Morgan fingerprint density at radius 2 is 2.29 bits per heavy atom. The van der Waals surface area contributed by atoms with Gasteiger partial charge >= 0.3 is 0 Å². The molecule has 1 aromatic rings. The summed E-state index contributed by atoms with van der Waals surface area (Å²) >= 11 is 5.81. The maximum atomic E-state index is 5.81. The van der Waals surface area contributed by atoms with Crippen LogP contribution in [0.5, 0.6) is 0 Å². The highest BCUT2D eigenvalue weighted by Gasteiger charge is 2.31. The monoisotopic (exact) mass is 213 g/mol. The van der Waals surface area contributed by atoms with Crippen molar-refractivity contribution in [2.75, 3.05) is 0 Å². The summed E-state index contributed by atoms with van der Waals surface area (Å²) in [6, 6.07) is 0.495. The zero-order chi connectivity index (χ0) is 10.1. The van der Waals surface area contributed by atoms with Crippen LogP contribution in [0.3, 0.4) is 0 Å². The molecule has 1 aromatic heterocycles. The fraction of sp³-hybridized carbons (Fsp3) is 0.800. The summed E-state index contributed by atoms with van der Waals surface area (Å²) in [6.07, 6.45) is 3.63. The Labute approximate surface area is 89.4 Å². The first-order valence-corrected chi connectivity index (χ1v) is 5.80. The molecule has 0 aliphatic heterocycles. The molecule has 1 fully saturated rings. The second-order valence-electron chi connectivity index (χ2n) is 3.99. The molecule has 14 heavy (non-hydrogen) atoms. The van der Waals surface area contributed by atoms with Gasteiger partial charge in [-0.2, -0.15) is 0 Å². The smallest absolute Gasteiger partial charge is 0.101 e. The third-order valence-corrected chi connectivity index (χ3v) is 3.28. The van der Waals surface area contributed by atoms with Gasteiger partial charge in [-0.25, -0.2) is 4.68 Å². The van der Waals surface area contributed by atoms with Gasteiger partial charge in [0.05, 0.1) is 17.6 Å². The minimum absolute atomic E-state index is 0.473. The van der Waals surface area contributed by atoms with Crippen LogP contribution in [-0.4, -0.2) is 15.0 Å². The summed E-state index contributed by atoms with van der Waals surface area (Å²) < 4.78 is 2.06. The minimum atomic E-state index is 0.473. The van der Waals surface area contributed by atoms with Crippen LogP contribution in [0.25, 0.3) is 0 Å². The molecule has 0 N–H and O–H groups in total. The van der Waals surface area contributed by atoms with E-state index in [4.69, 9.17) is 11.6 Å². The van der Waals surface area contributed by atoms with E-state index in [9.17, 15) is 0 Å². The van der Waals surface area contributed by atoms with Crippen molar-refractivity contribution in [3.63, 3.8) is 0 Å². The molecule has 3 nitrogen and oxygen atoms in total. The highest BCUT2D eigenvalue weighted by atomic mass is 35.5. The molecule has 0 aromatic carbocycles. The fourth-order valence-electron chi connectivity index (χ4n) is 1.92. The highest BCUT2D eigenvalue weighted by Crippen LogP contribution is 2.39. The molecule has 2 rings (SSSR count). The molecule has 1 unspecified atom stereocenters. The SMILES string of the molecule is CCc1c(CCl)nnn1C(C)C1CC1. The van der Waals surface area contributed by atoms with E-state index in [0.717, 1.165) is 18.0 Å². The van der Waals surface area contributed by atoms with Crippen LogP contribution in [0.2, 0.25) is 0 Å². The van der Waals surface area contributed by atoms with Crippen LogP contribution in [0.15, 0.2) is 0 Å². The molecule has 78 valence electrons. The van der Waals surface area contributed by atoms with Crippen LogP contribution in [-0.2, 0) is 12.3 Å². The van der Waals surface area contributed by atoms with Crippen molar-refractivity contribution in [2.24, 2.45) is 5.92 Å². The first-order valence-electron chi connectivity index (χ1n) is 5.26. The zero-order valence-corrected chi connectivity index (χ0v) is 9.46. The predicted octanol–water partition coefficient (Wildman–Crippen LogP) is 2.55. The molecule has 0 amide bonds. The largest absolute Gasteiger partial charge is 0.246 e. The van der Waals surface area contributed by atoms with Crippen LogP contribution >= 0.6 is 11.6 Å². The normalized spacial score (nSPS) is 18.5. The maximum Gasteiger partial charge on any atom is 0.101 e. The number of hydrogen-bond donors (Lipinski definition) is 0. The summed E-state index contributed by atoms with van der Waals surface area (Å²) in [5.74, 6) is 1.28. The molecule has 1 aliphatic carbocycles. The molecule has 0 saturated heterocycles. The third-order valence-electron chi connectivity index (χ3n) is 3.02. The van der Waals surface area contributed by atoms with E-state index in [0.29, 0.717) is 11.9 Å². The molecule has 0 spiro atoms. The van der Waals surface area contributed by atoms with Crippen LogP contribution in [0.4, 0.5) is 0 Å². The molecule has 1 saturated carbocycles. The average molecular weight is 214 g/mol. The molecule has 4 heteroatoms. The van der Waals surface area contributed by atoms with Crippen LogP contribution < -0.4 is 0 Å². The topological polar surface area (TPSA) is 30.7 Å². The molecule has 0 bridgehead atoms. The van der Waals surface area contributed by atoms with E-state index in [2.05, 4.69) is 28.8 Å².